The van der Waals surface area contributed by atoms with Crippen LogP contribution in [0.4, 0.5) is 0 Å². The van der Waals surface area contributed by atoms with E-state index in [-0.39, 0.29) is 12.0 Å². The van der Waals surface area contributed by atoms with E-state index in [1.807, 2.05) is 0 Å². The summed E-state index contributed by atoms with van der Waals surface area (Å²) < 4.78 is 4.78. The zero-order valence-electron chi connectivity index (χ0n) is 8.87. The third kappa shape index (κ3) is 2.96. The normalized spacial score (nSPS) is 20.4. The number of carbonyl (C=O) groups excluding carboxylic acids is 1. The van der Waals surface area contributed by atoms with Gasteiger partial charge in [-0.25, -0.2) is 0 Å². The Morgan fingerprint density at radius 1 is 1.43 bits per heavy atom. The van der Waals surface area contributed by atoms with Crippen molar-refractivity contribution in [1.82, 2.24) is 4.90 Å². The number of carbonyl (C=O) groups is 1. The Bertz CT molecular complexity index is 179. The highest BCUT2D eigenvalue weighted by Gasteiger charge is 2.26. The summed E-state index contributed by atoms with van der Waals surface area (Å²) in [4.78, 5) is 13.7. The quantitative estimate of drug-likeness (QED) is 0.666. The average molecular weight is 200 g/mol. The van der Waals surface area contributed by atoms with E-state index in [1.54, 1.807) is 0 Å². The van der Waals surface area contributed by atoms with Gasteiger partial charge in [-0.3, -0.25) is 9.69 Å². The summed E-state index contributed by atoms with van der Waals surface area (Å²) in [5, 5.41) is 0. The molecule has 0 aromatic carbocycles. The van der Waals surface area contributed by atoms with Crippen LogP contribution in [0.1, 0.15) is 25.7 Å². The van der Waals surface area contributed by atoms with Gasteiger partial charge in [0.25, 0.3) is 0 Å². The molecule has 1 aliphatic rings. The number of likely N-dealkylation sites (tertiary alicyclic amines) is 1. The third-order valence-electron chi connectivity index (χ3n) is 2.74. The van der Waals surface area contributed by atoms with Crippen molar-refractivity contribution in [3.63, 3.8) is 0 Å². The number of hydrogen-bond donors (Lipinski definition) is 1. The lowest BCUT2D eigenvalue weighted by atomic mass is 10.1. The van der Waals surface area contributed by atoms with Crippen molar-refractivity contribution in [2.75, 3.05) is 26.7 Å². The largest absolute Gasteiger partial charge is 0.468 e. The lowest BCUT2D eigenvalue weighted by Crippen LogP contribution is -2.45. The van der Waals surface area contributed by atoms with Crippen LogP contribution in [0, 0.1) is 0 Å². The molecule has 0 aromatic heterocycles. The van der Waals surface area contributed by atoms with Gasteiger partial charge in [-0.1, -0.05) is 6.42 Å². The number of ether oxygens (including phenoxy) is 1. The van der Waals surface area contributed by atoms with Crippen LogP contribution in [-0.4, -0.2) is 43.7 Å². The summed E-state index contributed by atoms with van der Waals surface area (Å²) in [6, 6.07) is -0.120. The van der Waals surface area contributed by atoms with Gasteiger partial charge in [0.05, 0.1) is 7.11 Å². The highest BCUT2D eigenvalue weighted by Crippen LogP contribution is 2.14. The van der Waals surface area contributed by atoms with Crippen molar-refractivity contribution in [1.29, 1.82) is 0 Å². The van der Waals surface area contributed by atoms with E-state index < -0.39 is 0 Å². The van der Waals surface area contributed by atoms with Gasteiger partial charge in [-0.2, -0.15) is 0 Å². The smallest absolute Gasteiger partial charge is 0.323 e. The molecule has 0 spiro atoms. The molecule has 1 atom stereocenters. The first kappa shape index (κ1) is 11.5. The second kappa shape index (κ2) is 5.98. The zero-order chi connectivity index (χ0) is 10.4. The molecule has 1 fully saturated rings. The number of esters is 1. The summed E-state index contributed by atoms with van der Waals surface area (Å²) in [5.74, 6) is -0.141. The Morgan fingerprint density at radius 2 is 2.07 bits per heavy atom. The highest BCUT2D eigenvalue weighted by atomic mass is 16.5. The number of hydrogen-bond acceptors (Lipinski definition) is 4. The van der Waals surface area contributed by atoms with Crippen molar-refractivity contribution in [3.8, 4) is 0 Å². The highest BCUT2D eigenvalue weighted by molar-refractivity contribution is 5.75. The molecular formula is C10H20N2O2. The summed E-state index contributed by atoms with van der Waals surface area (Å²) in [6.45, 7) is 2.54. The van der Waals surface area contributed by atoms with E-state index in [0.717, 1.165) is 13.1 Å². The fourth-order valence-corrected chi connectivity index (χ4v) is 1.97. The van der Waals surface area contributed by atoms with E-state index in [2.05, 4.69) is 4.90 Å². The van der Waals surface area contributed by atoms with Crippen molar-refractivity contribution in [3.05, 3.63) is 0 Å². The molecule has 1 aliphatic heterocycles. The Labute approximate surface area is 85.4 Å². The first-order chi connectivity index (χ1) is 6.79. The first-order valence-electron chi connectivity index (χ1n) is 5.31. The Morgan fingerprint density at radius 3 is 2.57 bits per heavy atom. The van der Waals surface area contributed by atoms with Gasteiger partial charge in [-0.15, -0.1) is 0 Å². The van der Waals surface area contributed by atoms with Crippen LogP contribution in [0.15, 0.2) is 0 Å². The average Bonchev–Trinajstić information content (AvgIpc) is 2.26. The molecule has 2 N–H and O–H groups in total. The van der Waals surface area contributed by atoms with Gasteiger partial charge < -0.3 is 10.5 Å². The van der Waals surface area contributed by atoms with Crippen LogP contribution in [0.5, 0.6) is 0 Å². The lowest BCUT2D eigenvalue weighted by Gasteiger charge is -2.32. The second-order valence-corrected chi connectivity index (χ2v) is 3.71. The molecule has 14 heavy (non-hydrogen) atoms. The number of nitrogens with zero attached hydrogens (tertiary/aromatic N) is 1. The zero-order valence-corrected chi connectivity index (χ0v) is 8.87. The summed E-state index contributed by atoms with van der Waals surface area (Å²) in [6.07, 6.45) is 4.33. The van der Waals surface area contributed by atoms with Crippen LogP contribution in [-0.2, 0) is 9.53 Å². The predicted octanol–water partition coefficient (Wildman–Crippen LogP) is 0.363. The summed E-state index contributed by atoms with van der Waals surface area (Å²) in [7, 11) is 1.44. The standard InChI is InChI=1S/C10H20N2O2/c1-14-10(13)9(5-6-11)12-7-3-2-4-8-12/h9H,2-8,11H2,1H3. The predicted molar refractivity (Wildman–Crippen MR) is 54.9 cm³/mol. The third-order valence-corrected chi connectivity index (χ3v) is 2.74. The van der Waals surface area contributed by atoms with Gasteiger partial charge >= 0.3 is 5.97 Å². The van der Waals surface area contributed by atoms with Crippen LogP contribution < -0.4 is 5.73 Å². The number of methoxy groups -OCH3 is 1. The number of rotatable bonds is 4. The summed E-state index contributed by atoms with van der Waals surface area (Å²) >= 11 is 0. The number of nitrogens with two attached hydrogens (primary N) is 1. The van der Waals surface area contributed by atoms with Crippen molar-refractivity contribution in [2.45, 2.75) is 31.7 Å². The second-order valence-electron chi connectivity index (χ2n) is 3.71. The van der Waals surface area contributed by atoms with Gasteiger partial charge in [-0.05, 0) is 38.9 Å². The summed E-state index contributed by atoms with van der Waals surface area (Å²) in [5.41, 5.74) is 5.49. The Kier molecular flexibility index (Phi) is 4.90. The van der Waals surface area contributed by atoms with Crippen LogP contribution in [0.2, 0.25) is 0 Å². The number of piperidine rings is 1. The lowest BCUT2D eigenvalue weighted by molar-refractivity contribution is -0.147. The minimum Gasteiger partial charge on any atom is -0.468 e. The topological polar surface area (TPSA) is 55.6 Å². The molecule has 0 aliphatic carbocycles. The molecule has 82 valence electrons. The molecule has 0 bridgehead atoms. The Hall–Kier alpha value is -0.610. The SMILES string of the molecule is COC(=O)C(CCN)N1CCCCC1. The maximum atomic E-state index is 11.5. The minimum atomic E-state index is -0.141. The van der Waals surface area contributed by atoms with E-state index in [1.165, 1.54) is 26.4 Å². The van der Waals surface area contributed by atoms with Gasteiger partial charge in [0.15, 0.2) is 0 Å². The van der Waals surface area contributed by atoms with Gasteiger partial charge in [0.2, 0.25) is 0 Å². The van der Waals surface area contributed by atoms with E-state index in [4.69, 9.17) is 10.5 Å². The van der Waals surface area contributed by atoms with Gasteiger partial charge in [0.1, 0.15) is 6.04 Å². The van der Waals surface area contributed by atoms with E-state index in [9.17, 15) is 4.79 Å². The van der Waals surface area contributed by atoms with Crippen LogP contribution in [0.3, 0.4) is 0 Å². The van der Waals surface area contributed by atoms with E-state index in [0.29, 0.717) is 13.0 Å². The fraction of sp³-hybridized carbons (Fsp3) is 0.900. The molecule has 1 rings (SSSR count). The maximum absolute atomic E-state index is 11.5. The fourth-order valence-electron chi connectivity index (χ4n) is 1.97. The molecule has 4 nitrogen and oxygen atoms in total. The molecular weight excluding hydrogens is 180 g/mol. The molecule has 0 radical (unpaired) electrons. The Balaban J connectivity index is 2.50. The van der Waals surface area contributed by atoms with Crippen LogP contribution in [0.25, 0.3) is 0 Å². The van der Waals surface area contributed by atoms with Crippen LogP contribution >= 0.6 is 0 Å². The monoisotopic (exact) mass is 200 g/mol. The maximum Gasteiger partial charge on any atom is 0.323 e. The molecule has 0 amide bonds. The molecule has 0 aromatic rings. The molecule has 1 saturated heterocycles. The molecule has 1 unspecified atom stereocenters. The molecule has 0 saturated carbocycles. The van der Waals surface area contributed by atoms with Gasteiger partial charge in [0, 0.05) is 0 Å². The molecule has 1 heterocycles. The molecule has 4 heteroatoms. The first-order valence-corrected chi connectivity index (χ1v) is 5.31. The van der Waals surface area contributed by atoms with E-state index >= 15 is 0 Å². The van der Waals surface area contributed by atoms with Crippen molar-refractivity contribution < 1.29 is 9.53 Å². The van der Waals surface area contributed by atoms with Crippen molar-refractivity contribution >= 4 is 5.97 Å². The minimum absolute atomic E-state index is 0.120. The van der Waals surface area contributed by atoms with Crippen molar-refractivity contribution in [2.24, 2.45) is 5.73 Å².